The van der Waals surface area contributed by atoms with Crippen LogP contribution >= 0.6 is 0 Å². The summed E-state index contributed by atoms with van der Waals surface area (Å²) in [7, 11) is 2.84. The van der Waals surface area contributed by atoms with Crippen LogP contribution in [-0.2, 0) is 9.53 Å². The molecule has 30 heavy (non-hydrogen) atoms. The number of methoxy groups -OCH3 is 2. The van der Waals surface area contributed by atoms with E-state index in [-0.39, 0.29) is 41.1 Å². The highest BCUT2D eigenvalue weighted by Crippen LogP contribution is 2.26. The van der Waals surface area contributed by atoms with Gasteiger partial charge in [0, 0.05) is 23.4 Å². The minimum atomic E-state index is -0.313. The first-order valence-electron chi connectivity index (χ1n) is 9.67. The van der Waals surface area contributed by atoms with E-state index in [9.17, 15) is 9.59 Å². The molecule has 1 aromatic carbocycles. The predicted molar refractivity (Wildman–Crippen MR) is 110 cm³/mol. The zero-order valence-electron chi connectivity index (χ0n) is 17.0. The zero-order chi connectivity index (χ0) is 21.7. The first-order valence-corrected chi connectivity index (χ1v) is 9.67. The number of nitrogens with two attached hydrogens (primary N) is 1. The van der Waals surface area contributed by atoms with Crippen molar-refractivity contribution in [3.63, 3.8) is 0 Å². The number of ether oxygens (including phenoxy) is 2. The van der Waals surface area contributed by atoms with Gasteiger partial charge in [0.25, 0.3) is 5.91 Å². The van der Waals surface area contributed by atoms with Crippen LogP contribution in [0.15, 0.2) is 30.5 Å². The number of esters is 1. The highest BCUT2D eigenvalue weighted by atomic mass is 16.5. The smallest absolute Gasteiger partial charge is 0.308 e. The third kappa shape index (κ3) is 4.73. The van der Waals surface area contributed by atoms with E-state index in [1.807, 2.05) is 0 Å². The number of hydrogen-bond acceptors (Lipinski definition) is 7. The Kier molecular flexibility index (Phi) is 6.61. The van der Waals surface area contributed by atoms with Gasteiger partial charge in [-0.1, -0.05) is 24.3 Å². The summed E-state index contributed by atoms with van der Waals surface area (Å²) in [5, 5.41) is 10.4. The molecule has 0 spiro atoms. The number of nitrogens with one attached hydrogen (secondary N) is 2. The molecule has 0 saturated heterocycles. The van der Waals surface area contributed by atoms with Crippen LogP contribution in [0.25, 0.3) is 11.4 Å². The van der Waals surface area contributed by atoms with Crippen LogP contribution in [0.5, 0.6) is 5.88 Å². The third-order valence-corrected chi connectivity index (χ3v) is 5.24. The molecule has 1 heterocycles. The van der Waals surface area contributed by atoms with Gasteiger partial charge in [0.2, 0.25) is 5.88 Å². The normalized spacial score (nSPS) is 18.3. The average Bonchev–Trinajstić information content (AvgIpc) is 2.78. The summed E-state index contributed by atoms with van der Waals surface area (Å²) in [6, 6.07) is 6.90. The fraction of sp³-hybridized carbons (Fsp3) is 0.381. The van der Waals surface area contributed by atoms with Crippen molar-refractivity contribution >= 4 is 17.7 Å². The predicted octanol–water partition coefficient (Wildman–Crippen LogP) is 1.90. The lowest BCUT2D eigenvalue weighted by Crippen LogP contribution is -2.39. The topological polar surface area (TPSA) is 140 Å². The van der Waals surface area contributed by atoms with Crippen LogP contribution in [0, 0.1) is 11.3 Å². The summed E-state index contributed by atoms with van der Waals surface area (Å²) in [5.74, 6) is -0.0514. The molecule has 4 N–H and O–H groups in total. The molecule has 2 aromatic rings. The lowest BCUT2D eigenvalue weighted by atomic mass is 9.86. The molecule has 0 radical (unpaired) electrons. The molecule has 9 heteroatoms. The minimum Gasteiger partial charge on any atom is -0.480 e. The van der Waals surface area contributed by atoms with E-state index in [2.05, 4.69) is 15.3 Å². The lowest BCUT2D eigenvalue weighted by molar-refractivity contribution is -0.146. The second-order valence-corrected chi connectivity index (χ2v) is 7.15. The number of benzene rings is 1. The number of rotatable bonds is 6. The second-order valence-electron chi connectivity index (χ2n) is 7.15. The first-order chi connectivity index (χ1) is 14.4. The quantitative estimate of drug-likeness (QED) is 0.374. The lowest BCUT2D eigenvalue weighted by Gasteiger charge is -2.27. The number of carbonyl (C=O) groups is 2. The van der Waals surface area contributed by atoms with E-state index < -0.39 is 0 Å². The summed E-state index contributed by atoms with van der Waals surface area (Å²) in [4.78, 5) is 33.0. The van der Waals surface area contributed by atoms with Crippen molar-refractivity contribution in [1.82, 2.24) is 15.3 Å². The van der Waals surface area contributed by atoms with Crippen LogP contribution in [0.1, 0.15) is 41.6 Å². The van der Waals surface area contributed by atoms with Gasteiger partial charge in [-0.3, -0.25) is 15.0 Å². The van der Waals surface area contributed by atoms with Gasteiger partial charge in [0.05, 0.1) is 20.1 Å². The summed E-state index contributed by atoms with van der Waals surface area (Å²) >= 11 is 0. The maximum absolute atomic E-state index is 12.7. The Morgan fingerprint density at radius 2 is 1.80 bits per heavy atom. The van der Waals surface area contributed by atoms with Crippen molar-refractivity contribution in [2.45, 2.75) is 31.7 Å². The maximum Gasteiger partial charge on any atom is 0.308 e. The molecular weight excluding hydrogens is 386 g/mol. The van der Waals surface area contributed by atoms with Gasteiger partial charge in [-0.25, -0.2) is 4.98 Å². The van der Waals surface area contributed by atoms with Crippen LogP contribution < -0.4 is 15.8 Å². The van der Waals surface area contributed by atoms with Gasteiger partial charge < -0.3 is 20.5 Å². The molecule has 1 aromatic heterocycles. The van der Waals surface area contributed by atoms with Gasteiger partial charge in [-0.2, -0.15) is 4.98 Å². The average molecular weight is 411 g/mol. The molecule has 158 valence electrons. The van der Waals surface area contributed by atoms with E-state index in [0.29, 0.717) is 42.6 Å². The third-order valence-electron chi connectivity index (χ3n) is 5.24. The molecule has 0 aliphatic heterocycles. The molecule has 0 unspecified atom stereocenters. The van der Waals surface area contributed by atoms with Crippen LogP contribution in [0.2, 0.25) is 0 Å². The molecule has 1 fully saturated rings. The number of hydrogen-bond donors (Lipinski definition) is 3. The van der Waals surface area contributed by atoms with Crippen molar-refractivity contribution < 1.29 is 19.1 Å². The monoisotopic (exact) mass is 411 g/mol. The van der Waals surface area contributed by atoms with E-state index in [1.165, 1.54) is 20.4 Å². The molecule has 9 nitrogen and oxygen atoms in total. The van der Waals surface area contributed by atoms with Crippen LogP contribution in [0.3, 0.4) is 0 Å². The summed E-state index contributed by atoms with van der Waals surface area (Å²) in [6.07, 6.45) is 4.21. The van der Waals surface area contributed by atoms with Gasteiger partial charge in [-0.05, 0) is 25.7 Å². The number of aromatic nitrogens is 2. The van der Waals surface area contributed by atoms with Gasteiger partial charge >= 0.3 is 5.97 Å². The zero-order valence-corrected chi connectivity index (χ0v) is 17.0. The molecule has 0 atom stereocenters. The van der Waals surface area contributed by atoms with Crippen LogP contribution in [-0.4, -0.2) is 47.9 Å². The van der Waals surface area contributed by atoms with E-state index in [0.717, 1.165) is 0 Å². The number of carbonyl (C=O) groups excluding carboxylic acids is 2. The highest BCUT2D eigenvalue weighted by Gasteiger charge is 2.28. The van der Waals surface area contributed by atoms with Crippen molar-refractivity contribution in [3.8, 4) is 17.3 Å². The summed E-state index contributed by atoms with van der Waals surface area (Å²) in [6.45, 7) is 0. The SMILES string of the molecule is COc1nc(-c2ccc(C(=N)N)cc2)ncc1C(=O)N[C@H]1CC[C@H](C(=O)OC)CC1. The molecule has 1 amide bonds. The van der Waals surface area contributed by atoms with E-state index in [4.69, 9.17) is 20.6 Å². The Morgan fingerprint density at radius 1 is 1.13 bits per heavy atom. The molecule has 3 rings (SSSR count). The fourth-order valence-electron chi connectivity index (χ4n) is 3.52. The number of amidine groups is 1. The maximum atomic E-state index is 12.7. The number of nitrogen functional groups attached to an aromatic ring is 1. The molecular formula is C21H25N5O4. The first kappa shape index (κ1) is 21.2. The Hall–Kier alpha value is -3.49. The molecule has 1 saturated carbocycles. The van der Waals surface area contributed by atoms with Gasteiger partial charge in [0.1, 0.15) is 11.4 Å². The summed E-state index contributed by atoms with van der Waals surface area (Å²) < 4.78 is 10.1. The second kappa shape index (κ2) is 9.34. The Labute approximate surface area is 174 Å². The minimum absolute atomic E-state index is 0.0207. The van der Waals surface area contributed by atoms with E-state index >= 15 is 0 Å². The Balaban J connectivity index is 1.69. The van der Waals surface area contributed by atoms with E-state index in [1.54, 1.807) is 24.3 Å². The van der Waals surface area contributed by atoms with Crippen molar-refractivity contribution in [2.24, 2.45) is 11.7 Å². The Morgan fingerprint density at radius 3 is 2.37 bits per heavy atom. The van der Waals surface area contributed by atoms with Gasteiger partial charge in [-0.15, -0.1) is 0 Å². The number of nitrogens with zero attached hydrogens (tertiary/aromatic N) is 2. The Bertz CT molecular complexity index is 937. The van der Waals surface area contributed by atoms with Crippen molar-refractivity contribution in [3.05, 3.63) is 41.6 Å². The largest absolute Gasteiger partial charge is 0.480 e. The molecule has 1 aliphatic carbocycles. The van der Waals surface area contributed by atoms with Crippen molar-refractivity contribution in [2.75, 3.05) is 14.2 Å². The standard InChI is InChI=1S/C21H25N5O4/c1-29-20-16(19(27)25-15-9-7-14(8-10-15)21(28)30-2)11-24-18(26-20)13-5-3-12(4-6-13)17(22)23/h3-6,11,14-15H,7-10H2,1-2H3,(H3,22,23)(H,25,27)/t14-,15-. The summed E-state index contributed by atoms with van der Waals surface area (Å²) in [5.41, 5.74) is 7.03. The van der Waals surface area contributed by atoms with Gasteiger partial charge in [0.15, 0.2) is 5.82 Å². The van der Waals surface area contributed by atoms with Crippen molar-refractivity contribution in [1.29, 1.82) is 5.41 Å². The molecule has 1 aliphatic rings. The number of amides is 1. The fourth-order valence-corrected chi connectivity index (χ4v) is 3.52. The molecule has 0 bridgehead atoms. The van der Waals surface area contributed by atoms with Crippen LogP contribution in [0.4, 0.5) is 0 Å². The highest BCUT2D eigenvalue weighted by molar-refractivity contribution is 5.97.